The molecule has 2 aromatic rings. The van der Waals surface area contributed by atoms with Gasteiger partial charge >= 0.3 is 6.09 Å². The highest BCUT2D eigenvalue weighted by Crippen LogP contribution is 2.32. The molecule has 162 valence electrons. The Labute approximate surface area is 180 Å². The van der Waals surface area contributed by atoms with Gasteiger partial charge in [0.2, 0.25) is 5.95 Å². The molecule has 0 radical (unpaired) electrons. The number of hydrogen-bond acceptors (Lipinski definition) is 6. The number of amides is 1. The first-order valence-corrected chi connectivity index (χ1v) is 10.2. The molecule has 0 saturated carbocycles. The molecule has 9 heteroatoms. The number of carbonyl (C=O) groups excluding carboxylic acids is 1. The molecule has 3 rings (SSSR count). The van der Waals surface area contributed by atoms with Crippen molar-refractivity contribution in [1.29, 1.82) is 0 Å². The summed E-state index contributed by atoms with van der Waals surface area (Å²) < 4.78 is 25.7. The van der Waals surface area contributed by atoms with Gasteiger partial charge in [-0.3, -0.25) is 0 Å². The Morgan fingerprint density at radius 3 is 2.77 bits per heavy atom. The second-order valence-corrected chi connectivity index (χ2v) is 8.51. The van der Waals surface area contributed by atoms with Crippen LogP contribution in [0.3, 0.4) is 0 Å². The van der Waals surface area contributed by atoms with Crippen molar-refractivity contribution < 1.29 is 18.7 Å². The second-order valence-electron chi connectivity index (χ2n) is 8.10. The van der Waals surface area contributed by atoms with E-state index in [-0.39, 0.29) is 10.9 Å². The summed E-state index contributed by atoms with van der Waals surface area (Å²) in [5, 5.41) is 3.23. The molecule has 2 atom stereocenters. The van der Waals surface area contributed by atoms with Crippen LogP contribution in [0.25, 0.3) is 0 Å². The van der Waals surface area contributed by atoms with Gasteiger partial charge in [0.15, 0.2) is 0 Å². The largest absolute Gasteiger partial charge is 0.444 e. The van der Waals surface area contributed by atoms with E-state index < -0.39 is 23.6 Å². The van der Waals surface area contributed by atoms with Crippen LogP contribution in [-0.2, 0) is 9.47 Å². The first-order valence-electron chi connectivity index (χ1n) is 9.78. The molecule has 0 aliphatic carbocycles. The fourth-order valence-electron chi connectivity index (χ4n) is 3.23. The number of hydrogen-bond donors (Lipinski definition) is 1. The molecular weight excluding hydrogens is 411 g/mol. The van der Waals surface area contributed by atoms with E-state index >= 15 is 0 Å². The number of rotatable bonds is 4. The molecule has 30 heavy (non-hydrogen) atoms. The van der Waals surface area contributed by atoms with Crippen LogP contribution < -0.4 is 5.32 Å². The topological polar surface area (TPSA) is 76.6 Å². The van der Waals surface area contributed by atoms with Crippen molar-refractivity contribution in [3.63, 3.8) is 0 Å². The third-order valence-electron chi connectivity index (χ3n) is 4.55. The van der Waals surface area contributed by atoms with Gasteiger partial charge in [-0.25, -0.2) is 19.2 Å². The van der Waals surface area contributed by atoms with E-state index in [4.69, 9.17) is 21.1 Å². The van der Waals surface area contributed by atoms with Gasteiger partial charge in [0, 0.05) is 37.9 Å². The maximum absolute atomic E-state index is 14.1. The van der Waals surface area contributed by atoms with Crippen molar-refractivity contribution in [3.8, 4) is 0 Å². The predicted octanol–water partition coefficient (Wildman–Crippen LogP) is 4.31. The Kier molecular flexibility index (Phi) is 7.10. The van der Waals surface area contributed by atoms with Gasteiger partial charge in [-0.2, -0.15) is 0 Å². The van der Waals surface area contributed by atoms with Gasteiger partial charge in [-0.05, 0) is 44.5 Å². The molecule has 1 saturated heterocycles. The molecule has 1 fully saturated rings. The number of halogens is 2. The van der Waals surface area contributed by atoms with Crippen LogP contribution in [0.4, 0.5) is 15.1 Å². The lowest BCUT2D eigenvalue weighted by Gasteiger charge is -2.30. The minimum absolute atomic E-state index is 0.0510. The third kappa shape index (κ3) is 6.03. The van der Waals surface area contributed by atoms with E-state index in [2.05, 4.69) is 15.3 Å². The highest BCUT2D eigenvalue weighted by molar-refractivity contribution is 6.30. The van der Waals surface area contributed by atoms with Crippen molar-refractivity contribution in [2.24, 2.45) is 5.92 Å². The summed E-state index contributed by atoms with van der Waals surface area (Å²) >= 11 is 5.84. The molecule has 2 heterocycles. The van der Waals surface area contributed by atoms with Gasteiger partial charge in [-0.1, -0.05) is 17.7 Å². The van der Waals surface area contributed by atoms with Crippen molar-refractivity contribution in [2.45, 2.75) is 32.5 Å². The van der Waals surface area contributed by atoms with E-state index in [1.54, 1.807) is 29.4 Å². The van der Waals surface area contributed by atoms with Crippen LogP contribution in [0.1, 0.15) is 32.4 Å². The monoisotopic (exact) mass is 436 g/mol. The summed E-state index contributed by atoms with van der Waals surface area (Å²) in [7, 11) is 0. The Morgan fingerprint density at radius 1 is 1.37 bits per heavy atom. The fourth-order valence-corrected chi connectivity index (χ4v) is 3.35. The van der Waals surface area contributed by atoms with Crippen molar-refractivity contribution in [2.75, 3.05) is 31.6 Å². The smallest absolute Gasteiger partial charge is 0.410 e. The van der Waals surface area contributed by atoms with Crippen molar-refractivity contribution in [1.82, 2.24) is 14.9 Å². The van der Waals surface area contributed by atoms with Gasteiger partial charge in [0.1, 0.15) is 11.4 Å². The Balaban J connectivity index is 1.82. The van der Waals surface area contributed by atoms with E-state index in [1.807, 2.05) is 20.8 Å². The maximum atomic E-state index is 14.1. The summed E-state index contributed by atoms with van der Waals surface area (Å²) in [5.74, 6) is -0.250. The minimum atomic E-state index is -0.603. The number of carbonyl (C=O) groups is 1. The summed E-state index contributed by atoms with van der Waals surface area (Å²) in [4.78, 5) is 22.6. The zero-order chi connectivity index (χ0) is 21.7. The average molecular weight is 437 g/mol. The van der Waals surface area contributed by atoms with Gasteiger partial charge in [0.05, 0.1) is 17.7 Å². The average Bonchev–Trinajstić information content (AvgIpc) is 2.91. The lowest BCUT2D eigenvalue weighted by Crippen LogP contribution is -2.41. The molecule has 1 amide bonds. The lowest BCUT2D eigenvalue weighted by molar-refractivity contribution is 0.0231. The van der Waals surface area contributed by atoms with Crippen LogP contribution >= 0.6 is 11.6 Å². The van der Waals surface area contributed by atoms with Crippen LogP contribution in [0.5, 0.6) is 0 Å². The Bertz CT molecular complexity index is 863. The number of nitrogens with zero attached hydrogens (tertiary/aromatic N) is 3. The van der Waals surface area contributed by atoms with Crippen molar-refractivity contribution >= 4 is 23.6 Å². The van der Waals surface area contributed by atoms with Crippen LogP contribution in [0.2, 0.25) is 5.02 Å². The summed E-state index contributed by atoms with van der Waals surface area (Å²) in [6, 6.07) is 6.35. The predicted molar refractivity (Wildman–Crippen MR) is 112 cm³/mol. The van der Waals surface area contributed by atoms with Crippen LogP contribution in [-0.4, -0.2) is 52.8 Å². The molecule has 0 unspecified atom stereocenters. The fraction of sp³-hybridized carbons (Fsp3) is 0.476. The second kappa shape index (κ2) is 9.57. The van der Waals surface area contributed by atoms with E-state index in [9.17, 15) is 9.18 Å². The van der Waals surface area contributed by atoms with E-state index in [0.29, 0.717) is 37.8 Å². The molecular formula is C21H26ClFN4O3. The van der Waals surface area contributed by atoms with E-state index in [1.165, 1.54) is 12.1 Å². The maximum Gasteiger partial charge on any atom is 0.410 e. The summed E-state index contributed by atoms with van der Waals surface area (Å²) in [5.41, 5.74) is 0.0536. The third-order valence-corrected chi connectivity index (χ3v) is 4.86. The lowest BCUT2D eigenvalue weighted by atomic mass is 9.95. The number of anilines is 1. The first kappa shape index (κ1) is 22.2. The molecule has 1 aromatic heterocycles. The first-order chi connectivity index (χ1) is 14.2. The molecule has 7 nitrogen and oxygen atoms in total. The molecule has 1 aliphatic rings. The molecule has 1 N–H and O–H groups in total. The zero-order valence-corrected chi connectivity index (χ0v) is 18.0. The quantitative estimate of drug-likeness (QED) is 0.769. The zero-order valence-electron chi connectivity index (χ0n) is 17.3. The molecule has 0 bridgehead atoms. The van der Waals surface area contributed by atoms with E-state index in [0.717, 1.165) is 0 Å². The molecule has 1 aromatic carbocycles. The van der Waals surface area contributed by atoms with Crippen LogP contribution in [0.15, 0.2) is 36.7 Å². The number of aromatic nitrogens is 2. The van der Waals surface area contributed by atoms with Gasteiger partial charge in [-0.15, -0.1) is 0 Å². The van der Waals surface area contributed by atoms with Gasteiger partial charge < -0.3 is 19.7 Å². The Hall–Kier alpha value is -2.45. The highest BCUT2D eigenvalue weighted by Gasteiger charge is 2.33. The number of ether oxygens (including phenoxy) is 2. The normalized spacial score (nSPS) is 19.8. The SMILES string of the molecule is CC(C)(C)OC(=O)N1CCO[C@@H](c2ccc(Cl)c(F)c2)[C@H](CNc2ncccn2)C1. The minimum Gasteiger partial charge on any atom is -0.444 e. The van der Waals surface area contributed by atoms with Gasteiger partial charge in [0.25, 0.3) is 0 Å². The number of benzene rings is 1. The molecule has 0 spiro atoms. The number of nitrogens with one attached hydrogen (secondary N) is 1. The van der Waals surface area contributed by atoms with Crippen molar-refractivity contribution in [3.05, 3.63) is 53.1 Å². The standard InChI is InChI=1S/C21H26ClFN4O3/c1-21(2,3)30-20(28)27-9-10-29-18(14-5-6-16(22)17(23)11-14)15(13-27)12-26-19-24-7-4-8-25-19/h4-8,11,15,18H,9-10,12-13H2,1-3H3,(H,24,25,26)/t15-,18+/m1/s1. The Morgan fingerprint density at radius 2 is 2.10 bits per heavy atom. The highest BCUT2D eigenvalue weighted by atomic mass is 35.5. The summed E-state index contributed by atoms with van der Waals surface area (Å²) in [6.07, 6.45) is 2.42. The summed E-state index contributed by atoms with van der Waals surface area (Å²) in [6.45, 7) is 6.92. The van der Waals surface area contributed by atoms with Crippen LogP contribution in [0, 0.1) is 11.7 Å². The molecule has 1 aliphatic heterocycles.